The van der Waals surface area contributed by atoms with Crippen LogP contribution in [0.25, 0.3) is 0 Å². The average Bonchev–Trinajstić information content (AvgIpc) is 2.51. The van der Waals surface area contributed by atoms with Crippen molar-refractivity contribution in [2.24, 2.45) is 0 Å². The van der Waals surface area contributed by atoms with Crippen molar-refractivity contribution < 1.29 is 24.2 Å². The minimum absolute atomic E-state index is 0.212. The molecule has 0 amide bonds. The molecule has 0 spiro atoms. The molecule has 0 aromatic heterocycles. The molecule has 2 rings (SSSR count). The van der Waals surface area contributed by atoms with E-state index in [2.05, 4.69) is 0 Å². The molecule has 1 heterocycles. The first kappa shape index (κ1) is 11.7. The number of rotatable bonds is 2. The smallest absolute Gasteiger partial charge is 0.379 e. The van der Waals surface area contributed by atoms with E-state index in [0.29, 0.717) is 24.0 Å². The summed E-state index contributed by atoms with van der Waals surface area (Å²) in [7, 11) is 0. The standard InChI is InChI=1S/C12H14O5/c1-2-16-11(14)8-6-4-3-5-7-9(13)12(15)17-10(7)8/h13H,2-6H2,1H3. The highest BCUT2D eigenvalue weighted by atomic mass is 16.6. The Hall–Kier alpha value is -1.78. The van der Waals surface area contributed by atoms with Gasteiger partial charge in [-0.05, 0) is 32.6 Å². The molecule has 5 heteroatoms. The Morgan fingerprint density at radius 3 is 2.82 bits per heavy atom. The second-order valence-electron chi connectivity index (χ2n) is 3.95. The van der Waals surface area contributed by atoms with E-state index >= 15 is 0 Å². The normalized spacial score (nSPS) is 19.9. The van der Waals surface area contributed by atoms with Crippen LogP contribution in [0.2, 0.25) is 0 Å². The van der Waals surface area contributed by atoms with Crippen molar-refractivity contribution in [3.63, 3.8) is 0 Å². The molecule has 0 aromatic rings. The summed E-state index contributed by atoms with van der Waals surface area (Å²) >= 11 is 0. The van der Waals surface area contributed by atoms with Crippen LogP contribution in [0.3, 0.4) is 0 Å². The Kier molecular flexibility index (Phi) is 3.17. The number of allylic oxidation sites excluding steroid dienone is 1. The molecule has 1 aliphatic carbocycles. The number of carbonyl (C=O) groups is 2. The Morgan fingerprint density at radius 1 is 1.41 bits per heavy atom. The Morgan fingerprint density at radius 2 is 2.12 bits per heavy atom. The summed E-state index contributed by atoms with van der Waals surface area (Å²) < 4.78 is 9.88. The van der Waals surface area contributed by atoms with Gasteiger partial charge in [-0.1, -0.05) is 0 Å². The van der Waals surface area contributed by atoms with Crippen LogP contribution < -0.4 is 0 Å². The number of hydrogen-bond donors (Lipinski definition) is 1. The van der Waals surface area contributed by atoms with E-state index in [1.54, 1.807) is 6.92 Å². The number of esters is 2. The van der Waals surface area contributed by atoms with Crippen molar-refractivity contribution in [3.8, 4) is 0 Å². The minimum Gasteiger partial charge on any atom is -0.502 e. The van der Waals surface area contributed by atoms with E-state index in [1.165, 1.54) is 0 Å². The zero-order chi connectivity index (χ0) is 12.4. The van der Waals surface area contributed by atoms with E-state index < -0.39 is 11.9 Å². The maximum absolute atomic E-state index is 11.7. The monoisotopic (exact) mass is 238 g/mol. The lowest BCUT2D eigenvalue weighted by Crippen LogP contribution is -2.11. The molecule has 2 aliphatic rings. The second kappa shape index (κ2) is 4.61. The zero-order valence-electron chi connectivity index (χ0n) is 9.62. The zero-order valence-corrected chi connectivity index (χ0v) is 9.62. The van der Waals surface area contributed by atoms with E-state index in [-0.39, 0.29) is 18.1 Å². The summed E-state index contributed by atoms with van der Waals surface area (Å²) in [5, 5.41) is 9.57. The van der Waals surface area contributed by atoms with Gasteiger partial charge in [-0.25, -0.2) is 9.59 Å². The largest absolute Gasteiger partial charge is 0.502 e. The average molecular weight is 238 g/mol. The van der Waals surface area contributed by atoms with Gasteiger partial charge < -0.3 is 14.6 Å². The molecule has 0 fully saturated rings. The lowest BCUT2D eigenvalue weighted by Gasteiger charge is -2.07. The maximum Gasteiger partial charge on any atom is 0.379 e. The molecule has 1 aliphatic heterocycles. The van der Waals surface area contributed by atoms with Gasteiger partial charge >= 0.3 is 11.9 Å². The molecule has 0 saturated heterocycles. The number of fused-ring (bicyclic) bond motifs is 1. The van der Waals surface area contributed by atoms with Crippen LogP contribution in [0.5, 0.6) is 0 Å². The van der Waals surface area contributed by atoms with Crippen LogP contribution in [0.1, 0.15) is 32.6 Å². The molecule has 0 atom stereocenters. The van der Waals surface area contributed by atoms with Gasteiger partial charge in [-0.15, -0.1) is 0 Å². The number of aliphatic hydroxyl groups is 1. The molecule has 0 radical (unpaired) electrons. The van der Waals surface area contributed by atoms with Crippen molar-refractivity contribution in [1.29, 1.82) is 0 Å². The lowest BCUT2D eigenvalue weighted by atomic mass is 10.1. The second-order valence-corrected chi connectivity index (χ2v) is 3.95. The SMILES string of the molecule is CCOC(=O)C1=C2OC(=O)C(O)=C2CCCC1. The Bertz CT molecular complexity index is 430. The van der Waals surface area contributed by atoms with Gasteiger partial charge in [0, 0.05) is 5.57 Å². The highest BCUT2D eigenvalue weighted by Crippen LogP contribution is 2.36. The van der Waals surface area contributed by atoms with Gasteiger partial charge in [-0.3, -0.25) is 0 Å². The third-order valence-electron chi connectivity index (χ3n) is 2.85. The van der Waals surface area contributed by atoms with Gasteiger partial charge in [0.05, 0.1) is 12.2 Å². The summed E-state index contributed by atoms with van der Waals surface area (Å²) in [5.74, 6) is -1.41. The molecule has 0 saturated carbocycles. The Labute approximate surface area is 98.7 Å². The molecule has 17 heavy (non-hydrogen) atoms. The van der Waals surface area contributed by atoms with Crippen LogP contribution in [0, 0.1) is 0 Å². The maximum atomic E-state index is 11.7. The molecular formula is C12H14O5. The summed E-state index contributed by atoms with van der Waals surface area (Å²) in [5.41, 5.74) is 0.798. The first-order chi connectivity index (χ1) is 8.15. The van der Waals surface area contributed by atoms with Crippen LogP contribution in [0.4, 0.5) is 0 Å². The predicted molar refractivity (Wildman–Crippen MR) is 57.9 cm³/mol. The van der Waals surface area contributed by atoms with Gasteiger partial charge in [0.25, 0.3) is 0 Å². The first-order valence-electron chi connectivity index (χ1n) is 5.70. The predicted octanol–water partition coefficient (Wildman–Crippen LogP) is 1.75. The number of hydrogen-bond acceptors (Lipinski definition) is 5. The lowest BCUT2D eigenvalue weighted by molar-refractivity contribution is -0.139. The van der Waals surface area contributed by atoms with Crippen molar-refractivity contribution in [3.05, 3.63) is 22.7 Å². The quantitative estimate of drug-likeness (QED) is 0.742. The molecular weight excluding hydrogens is 224 g/mol. The summed E-state index contributed by atoms with van der Waals surface area (Å²) in [6.45, 7) is 1.99. The van der Waals surface area contributed by atoms with Crippen molar-refractivity contribution in [2.75, 3.05) is 6.61 Å². The van der Waals surface area contributed by atoms with Crippen LogP contribution in [0.15, 0.2) is 22.7 Å². The molecule has 5 nitrogen and oxygen atoms in total. The number of carbonyl (C=O) groups excluding carboxylic acids is 2. The highest BCUT2D eigenvalue weighted by Gasteiger charge is 2.35. The minimum atomic E-state index is -0.779. The summed E-state index contributed by atoms with van der Waals surface area (Å²) in [6.07, 6.45) is 2.68. The third-order valence-corrected chi connectivity index (χ3v) is 2.85. The van der Waals surface area contributed by atoms with E-state index in [4.69, 9.17) is 9.47 Å². The molecule has 0 unspecified atom stereocenters. The summed E-state index contributed by atoms with van der Waals surface area (Å²) in [6, 6.07) is 0. The number of aliphatic hydroxyl groups excluding tert-OH is 1. The van der Waals surface area contributed by atoms with Crippen molar-refractivity contribution >= 4 is 11.9 Å². The van der Waals surface area contributed by atoms with Crippen LogP contribution in [-0.2, 0) is 19.1 Å². The Balaban J connectivity index is 2.41. The fourth-order valence-corrected chi connectivity index (χ4v) is 2.04. The van der Waals surface area contributed by atoms with Gasteiger partial charge in [-0.2, -0.15) is 0 Å². The third kappa shape index (κ3) is 2.05. The topological polar surface area (TPSA) is 72.8 Å². The van der Waals surface area contributed by atoms with Crippen molar-refractivity contribution in [2.45, 2.75) is 32.6 Å². The fourth-order valence-electron chi connectivity index (χ4n) is 2.04. The van der Waals surface area contributed by atoms with Crippen LogP contribution in [-0.4, -0.2) is 23.7 Å². The van der Waals surface area contributed by atoms with Crippen LogP contribution >= 0.6 is 0 Å². The fraction of sp³-hybridized carbons (Fsp3) is 0.500. The molecule has 1 N–H and O–H groups in total. The van der Waals surface area contributed by atoms with Crippen molar-refractivity contribution in [1.82, 2.24) is 0 Å². The summed E-state index contributed by atoms with van der Waals surface area (Å²) in [4.78, 5) is 23.0. The van der Waals surface area contributed by atoms with Gasteiger partial charge in [0.2, 0.25) is 5.76 Å². The first-order valence-corrected chi connectivity index (χ1v) is 5.70. The molecule has 0 bridgehead atoms. The number of ether oxygens (including phenoxy) is 2. The van der Waals surface area contributed by atoms with Gasteiger partial charge in [0.15, 0.2) is 0 Å². The molecule has 92 valence electrons. The molecule has 0 aromatic carbocycles. The highest BCUT2D eigenvalue weighted by molar-refractivity contribution is 5.96. The van der Waals surface area contributed by atoms with E-state index in [1.807, 2.05) is 0 Å². The van der Waals surface area contributed by atoms with Gasteiger partial charge in [0.1, 0.15) is 5.76 Å². The van der Waals surface area contributed by atoms with E-state index in [9.17, 15) is 14.7 Å². The van der Waals surface area contributed by atoms with E-state index in [0.717, 1.165) is 12.8 Å².